The number of ether oxygens (including phenoxy) is 3. The van der Waals surface area contributed by atoms with Gasteiger partial charge in [-0.1, -0.05) is 56.7 Å². The van der Waals surface area contributed by atoms with Crippen molar-refractivity contribution in [3.05, 3.63) is 59.7 Å². The SMILES string of the molecule is CCCCCCCCOC(=O)c1ccc(OCCOc2ccc(C)cc2)cc1. The second kappa shape index (κ2) is 12.8. The van der Waals surface area contributed by atoms with Crippen molar-refractivity contribution in [3.63, 3.8) is 0 Å². The molecule has 2 aromatic rings. The highest BCUT2D eigenvalue weighted by Crippen LogP contribution is 2.14. The molecule has 4 heteroatoms. The van der Waals surface area contributed by atoms with Gasteiger partial charge in [0.15, 0.2) is 0 Å². The van der Waals surface area contributed by atoms with Crippen molar-refractivity contribution in [2.45, 2.75) is 52.4 Å². The van der Waals surface area contributed by atoms with E-state index >= 15 is 0 Å². The number of esters is 1. The van der Waals surface area contributed by atoms with Crippen molar-refractivity contribution >= 4 is 5.97 Å². The summed E-state index contributed by atoms with van der Waals surface area (Å²) in [5, 5.41) is 0. The minimum atomic E-state index is -0.275. The monoisotopic (exact) mass is 384 g/mol. The Morgan fingerprint density at radius 1 is 0.714 bits per heavy atom. The molecule has 0 heterocycles. The zero-order valence-electron chi connectivity index (χ0n) is 17.1. The van der Waals surface area contributed by atoms with E-state index in [0.29, 0.717) is 31.1 Å². The summed E-state index contributed by atoms with van der Waals surface area (Å²) in [6, 6.07) is 15.0. The minimum Gasteiger partial charge on any atom is -0.490 e. The molecular weight excluding hydrogens is 352 g/mol. The van der Waals surface area contributed by atoms with Crippen LogP contribution in [0.25, 0.3) is 0 Å². The van der Waals surface area contributed by atoms with Crippen LogP contribution in [0.3, 0.4) is 0 Å². The molecule has 0 N–H and O–H groups in total. The Morgan fingerprint density at radius 3 is 1.86 bits per heavy atom. The fourth-order valence-corrected chi connectivity index (χ4v) is 2.77. The van der Waals surface area contributed by atoms with Gasteiger partial charge in [-0.15, -0.1) is 0 Å². The fourth-order valence-electron chi connectivity index (χ4n) is 2.77. The molecule has 0 unspecified atom stereocenters. The molecule has 2 rings (SSSR count). The summed E-state index contributed by atoms with van der Waals surface area (Å²) in [5.41, 5.74) is 1.75. The van der Waals surface area contributed by atoms with Crippen LogP contribution in [0.4, 0.5) is 0 Å². The zero-order valence-corrected chi connectivity index (χ0v) is 17.1. The summed E-state index contributed by atoms with van der Waals surface area (Å²) in [4.78, 5) is 12.0. The summed E-state index contributed by atoms with van der Waals surface area (Å²) in [7, 11) is 0. The van der Waals surface area contributed by atoms with Gasteiger partial charge in [0.2, 0.25) is 0 Å². The molecule has 0 radical (unpaired) electrons. The largest absolute Gasteiger partial charge is 0.490 e. The Hall–Kier alpha value is -2.49. The van der Waals surface area contributed by atoms with Crippen LogP contribution in [0.15, 0.2) is 48.5 Å². The van der Waals surface area contributed by atoms with Crippen molar-refractivity contribution in [2.75, 3.05) is 19.8 Å². The lowest BCUT2D eigenvalue weighted by atomic mass is 10.1. The van der Waals surface area contributed by atoms with Gasteiger partial charge < -0.3 is 14.2 Å². The molecule has 0 fully saturated rings. The Labute approximate surface area is 168 Å². The maximum Gasteiger partial charge on any atom is 0.338 e. The second-order valence-electron chi connectivity index (χ2n) is 6.94. The van der Waals surface area contributed by atoms with E-state index in [-0.39, 0.29) is 5.97 Å². The molecule has 0 saturated heterocycles. The lowest BCUT2D eigenvalue weighted by molar-refractivity contribution is 0.0497. The van der Waals surface area contributed by atoms with E-state index in [4.69, 9.17) is 14.2 Å². The molecule has 0 spiro atoms. The maximum atomic E-state index is 12.0. The highest BCUT2D eigenvalue weighted by molar-refractivity contribution is 5.89. The first kappa shape index (κ1) is 21.8. The van der Waals surface area contributed by atoms with Crippen molar-refractivity contribution in [1.29, 1.82) is 0 Å². The summed E-state index contributed by atoms with van der Waals surface area (Å²) in [5.74, 6) is 1.26. The molecule has 0 aliphatic carbocycles. The predicted molar refractivity (Wildman–Crippen MR) is 112 cm³/mol. The van der Waals surface area contributed by atoms with Crippen LogP contribution < -0.4 is 9.47 Å². The smallest absolute Gasteiger partial charge is 0.338 e. The first-order valence-corrected chi connectivity index (χ1v) is 10.3. The highest BCUT2D eigenvalue weighted by atomic mass is 16.5. The number of aryl methyl sites for hydroxylation is 1. The van der Waals surface area contributed by atoms with Gasteiger partial charge in [0, 0.05) is 0 Å². The van der Waals surface area contributed by atoms with E-state index in [1.807, 2.05) is 31.2 Å². The van der Waals surface area contributed by atoms with E-state index in [9.17, 15) is 4.79 Å². The van der Waals surface area contributed by atoms with Crippen LogP contribution in [-0.4, -0.2) is 25.8 Å². The van der Waals surface area contributed by atoms with E-state index in [1.165, 1.54) is 31.2 Å². The Bertz CT molecular complexity index is 677. The van der Waals surface area contributed by atoms with Gasteiger partial charge in [-0.05, 0) is 49.7 Å². The van der Waals surface area contributed by atoms with Crippen molar-refractivity contribution < 1.29 is 19.0 Å². The van der Waals surface area contributed by atoms with Gasteiger partial charge in [-0.25, -0.2) is 4.79 Å². The van der Waals surface area contributed by atoms with Crippen molar-refractivity contribution in [3.8, 4) is 11.5 Å². The minimum absolute atomic E-state index is 0.275. The third-order valence-electron chi connectivity index (χ3n) is 4.46. The molecule has 0 aliphatic rings. The Morgan fingerprint density at radius 2 is 1.25 bits per heavy atom. The van der Waals surface area contributed by atoms with Crippen molar-refractivity contribution in [2.24, 2.45) is 0 Å². The number of hydrogen-bond donors (Lipinski definition) is 0. The van der Waals surface area contributed by atoms with E-state index in [2.05, 4.69) is 6.92 Å². The first-order valence-electron chi connectivity index (χ1n) is 10.3. The van der Waals surface area contributed by atoms with Crippen LogP contribution in [0.5, 0.6) is 11.5 Å². The summed E-state index contributed by atoms with van der Waals surface area (Å²) >= 11 is 0. The molecule has 28 heavy (non-hydrogen) atoms. The van der Waals surface area contributed by atoms with Gasteiger partial charge in [0.1, 0.15) is 24.7 Å². The number of carbonyl (C=O) groups excluding carboxylic acids is 1. The molecule has 152 valence electrons. The molecule has 0 bridgehead atoms. The van der Waals surface area contributed by atoms with Gasteiger partial charge in [-0.2, -0.15) is 0 Å². The van der Waals surface area contributed by atoms with Gasteiger partial charge in [0.05, 0.1) is 12.2 Å². The van der Waals surface area contributed by atoms with Crippen LogP contribution in [0.1, 0.15) is 61.4 Å². The molecule has 0 aromatic heterocycles. The molecule has 0 atom stereocenters. The molecule has 0 saturated carbocycles. The molecule has 0 amide bonds. The molecule has 0 aliphatic heterocycles. The van der Waals surface area contributed by atoms with Crippen molar-refractivity contribution in [1.82, 2.24) is 0 Å². The predicted octanol–water partition coefficient (Wildman–Crippen LogP) is 5.97. The number of rotatable bonds is 13. The third-order valence-corrected chi connectivity index (χ3v) is 4.46. The van der Waals surface area contributed by atoms with Crippen LogP contribution in [0.2, 0.25) is 0 Å². The summed E-state index contributed by atoms with van der Waals surface area (Å²) in [6.07, 6.45) is 7.05. The zero-order chi connectivity index (χ0) is 20.0. The fraction of sp³-hybridized carbons (Fsp3) is 0.458. The first-order chi connectivity index (χ1) is 13.7. The van der Waals surface area contributed by atoms with E-state index in [1.54, 1.807) is 24.3 Å². The number of benzene rings is 2. The maximum absolute atomic E-state index is 12.0. The van der Waals surface area contributed by atoms with Gasteiger partial charge in [0.25, 0.3) is 0 Å². The Balaban J connectivity index is 1.61. The topological polar surface area (TPSA) is 44.8 Å². The molecule has 4 nitrogen and oxygen atoms in total. The van der Waals surface area contributed by atoms with Crippen LogP contribution >= 0.6 is 0 Å². The third kappa shape index (κ3) is 8.47. The highest BCUT2D eigenvalue weighted by Gasteiger charge is 2.07. The van der Waals surface area contributed by atoms with Crippen LogP contribution in [-0.2, 0) is 4.74 Å². The average molecular weight is 385 g/mol. The number of hydrogen-bond acceptors (Lipinski definition) is 4. The lowest BCUT2D eigenvalue weighted by Gasteiger charge is -2.09. The summed E-state index contributed by atoms with van der Waals surface area (Å²) in [6.45, 7) is 5.64. The van der Waals surface area contributed by atoms with E-state index in [0.717, 1.165) is 18.6 Å². The number of carbonyl (C=O) groups is 1. The standard InChI is InChI=1S/C24H32O4/c1-3-4-5-6-7-8-17-28-24(25)21-11-15-23(16-12-21)27-19-18-26-22-13-9-20(2)10-14-22/h9-16H,3-8,17-19H2,1-2H3. The lowest BCUT2D eigenvalue weighted by Crippen LogP contribution is -2.09. The Kier molecular flexibility index (Phi) is 9.98. The van der Waals surface area contributed by atoms with Gasteiger partial charge >= 0.3 is 5.97 Å². The molecular formula is C24H32O4. The summed E-state index contributed by atoms with van der Waals surface area (Å²) < 4.78 is 16.6. The number of unbranched alkanes of at least 4 members (excludes halogenated alkanes) is 5. The molecule has 2 aromatic carbocycles. The normalized spacial score (nSPS) is 10.5. The quantitative estimate of drug-likeness (QED) is 0.315. The van der Waals surface area contributed by atoms with E-state index < -0.39 is 0 Å². The van der Waals surface area contributed by atoms with Gasteiger partial charge in [-0.3, -0.25) is 0 Å². The second-order valence-corrected chi connectivity index (χ2v) is 6.94. The van der Waals surface area contributed by atoms with Crippen LogP contribution in [0, 0.1) is 6.92 Å². The average Bonchev–Trinajstić information content (AvgIpc) is 2.72.